The highest BCUT2D eigenvalue weighted by Gasteiger charge is 1.91. The first-order valence-corrected chi connectivity index (χ1v) is 3.23. The zero-order valence-corrected chi connectivity index (χ0v) is 5.72. The number of aliphatic hydroxyl groups excluding tert-OH is 1. The largest absolute Gasteiger partial charge is 0.390 e. The van der Waals surface area contributed by atoms with Crippen LogP contribution in [0.15, 0.2) is 0 Å². The van der Waals surface area contributed by atoms with Crippen LogP contribution >= 0.6 is 0 Å². The van der Waals surface area contributed by atoms with E-state index in [1.165, 1.54) is 13.0 Å². The van der Waals surface area contributed by atoms with Gasteiger partial charge >= 0.3 is 0 Å². The molecule has 0 aliphatic carbocycles. The van der Waals surface area contributed by atoms with Gasteiger partial charge in [0.15, 0.2) is 0 Å². The van der Waals surface area contributed by atoms with Crippen LogP contribution in [0, 0.1) is 12.5 Å². The molecule has 49 valence electrons. The molecule has 0 bridgehead atoms. The minimum atomic E-state index is 0.773. The molecule has 1 radical (unpaired) electrons. The van der Waals surface area contributed by atoms with Crippen LogP contribution in [0.2, 0.25) is 0 Å². The average molecular weight is 115 g/mol. The van der Waals surface area contributed by atoms with Gasteiger partial charge in [-0.1, -0.05) is 26.7 Å². The van der Waals surface area contributed by atoms with E-state index in [-0.39, 0.29) is 0 Å². The molecule has 1 heteroatoms. The zero-order chi connectivity index (χ0) is 6.41. The normalized spacial score (nSPS) is 10.5. The molecule has 0 aromatic carbocycles. The van der Waals surface area contributed by atoms with Crippen molar-refractivity contribution in [3.05, 3.63) is 6.61 Å². The minimum Gasteiger partial charge on any atom is -0.390 e. The first-order valence-electron chi connectivity index (χ1n) is 3.23. The molecular formula is C7H15O. The Morgan fingerprint density at radius 2 is 2.12 bits per heavy atom. The summed E-state index contributed by atoms with van der Waals surface area (Å²) < 4.78 is 0. The van der Waals surface area contributed by atoms with Gasteiger partial charge in [0, 0.05) is 0 Å². The molecule has 1 N–H and O–H groups in total. The van der Waals surface area contributed by atoms with Gasteiger partial charge in [-0.3, -0.25) is 0 Å². The van der Waals surface area contributed by atoms with Crippen molar-refractivity contribution in [3.8, 4) is 0 Å². The lowest BCUT2D eigenvalue weighted by Crippen LogP contribution is -1.86. The van der Waals surface area contributed by atoms with Gasteiger partial charge in [-0.2, -0.15) is 0 Å². The van der Waals surface area contributed by atoms with Crippen molar-refractivity contribution in [1.82, 2.24) is 0 Å². The van der Waals surface area contributed by atoms with E-state index in [4.69, 9.17) is 5.11 Å². The van der Waals surface area contributed by atoms with Crippen LogP contribution in [0.5, 0.6) is 0 Å². The van der Waals surface area contributed by atoms with E-state index < -0.39 is 0 Å². The number of rotatable bonds is 4. The summed E-state index contributed by atoms with van der Waals surface area (Å²) in [6.07, 6.45) is 3.18. The fourth-order valence-electron chi connectivity index (χ4n) is 0.617. The molecule has 0 aliphatic heterocycles. The summed E-state index contributed by atoms with van der Waals surface area (Å²) in [5, 5.41) is 8.25. The number of unbranched alkanes of at least 4 members (excludes halogenated alkanes) is 1. The van der Waals surface area contributed by atoms with E-state index in [1.807, 2.05) is 0 Å². The molecule has 0 spiro atoms. The quantitative estimate of drug-likeness (QED) is 0.557. The average Bonchev–Trinajstić information content (AvgIpc) is 1.66. The highest BCUT2D eigenvalue weighted by molar-refractivity contribution is 4.50. The Morgan fingerprint density at radius 3 is 2.50 bits per heavy atom. The Hall–Kier alpha value is -0.0400. The van der Waals surface area contributed by atoms with Crippen LogP contribution in [-0.4, -0.2) is 5.11 Å². The SMILES string of the molecule is CC(C)CCC[CH]O. The van der Waals surface area contributed by atoms with E-state index in [9.17, 15) is 0 Å². The zero-order valence-electron chi connectivity index (χ0n) is 5.72. The molecular weight excluding hydrogens is 100 g/mol. The van der Waals surface area contributed by atoms with Crippen LogP contribution in [0.25, 0.3) is 0 Å². The Kier molecular flexibility index (Phi) is 5.08. The van der Waals surface area contributed by atoms with Crippen molar-refractivity contribution in [2.75, 3.05) is 0 Å². The maximum atomic E-state index is 8.25. The third-order valence-electron chi connectivity index (χ3n) is 1.11. The van der Waals surface area contributed by atoms with Gasteiger partial charge in [0.05, 0.1) is 6.61 Å². The van der Waals surface area contributed by atoms with Gasteiger partial charge in [0.2, 0.25) is 0 Å². The second kappa shape index (κ2) is 5.10. The van der Waals surface area contributed by atoms with Gasteiger partial charge in [-0.25, -0.2) is 0 Å². The van der Waals surface area contributed by atoms with Crippen molar-refractivity contribution in [2.45, 2.75) is 33.1 Å². The third-order valence-corrected chi connectivity index (χ3v) is 1.11. The minimum absolute atomic E-state index is 0.773. The molecule has 0 heterocycles. The molecule has 0 fully saturated rings. The first-order chi connectivity index (χ1) is 3.77. The fourth-order valence-corrected chi connectivity index (χ4v) is 0.617. The Labute approximate surface area is 51.7 Å². The fraction of sp³-hybridized carbons (Fsp3) is 0.857. The predicted molar refractivity (Wildman–Crippen MR) is 34.9 cm³/mol. The third kappa shape index (κ3) is 5.96. The van der Waals surface area contributed by atoms with Crippen LogP contribution in [0.3, 0.4) is 0 Å². The van der Waals surface area contributed by atoms with Crippen molar-refractivity contribution >= 4 is 0 Å². The molecule has 0 aromatic heterocycles. The summed E-state index contributed by atoms with van der Waals surface area (Å²) >= 11 is 0. The van der Waals surface area contributed by atoms with Crippen LogP contribution in [0.4, 0.5) is 0 Å². The summed E-state index contributed by atoms with van der Waals surface area (Å²) in [7, 11) is 0. The number of aliphatic hydroxyl groups is 1. The van der Waals surface area contributed by atoms with Crippen LogP contribution in [0.1, 0.15) is 33.1 Å². The topological polar surface area (TPSA) is 20.2 Å². The van der Waals surface area contributed by atoms with Crippen molar-refractivity contribution < 1.29 is 5.11 Å². The lowest BCUT2D eigenvalue weighted by Gasteiger charge is -2.00. The summed E-state index contributed by atoms with van der Waals surface area (Å²) in [5.74, 6) is 0.773. The predicted octanol–water partition coefficient (Wildman–Crippen LogP) is 2.35. The summed E-state index contributed by atoms with van der Waals surface area (Å²) in [6, 6.07) is 0. The molecule has 1 nitrogen and oxygen atoms in total. The standard InChI is InChI=1S/C7H15O/c1-7(2)5-3-4-6-8/h6-8H,3-5H2,1-2H3. The lowest BCUT2D eigenvalue weighted by atomic mass is 10.1. The first kappa shape index (κ1) is 7.96. The van der Waals surface area contributed by atoms with E-state index in [0.717, 1.165) is 18.8 Å². The number of hydrogen-bond donors (Lipinski definition) is 1. The van der Waals surface area contributed by atoms with E-state index in [0.29, 0.717) is 0 Å². The summed E-state index contributed by atoms with van der Waals surface area (Å²) in [4.78, 5) is 0. The lowest BCUT2D eigenvalue weighted by molar-refractivity contribution is 0.363. The van der Waals surface area contributed by atoms with Gasteiger partial charge in [0.1, 0.15) is 0 Å². The van der Waals surface area contributed by atoms with E-state index in [1.54, 1.807) is 0 Å². The molecule has 0 atom stereocenters. The van der Waals surface area contributed by atoms with Crippen molar-refractivity contribution in [3.63, 3.8) is 0 Å². The van der Waals surface area contributed by atoms with E-state index in [2.05, 4.69) is 13.8 Å². The van der Waals surface area contributed by atoms with Crippen molar-refractivity contribution in [2.24, 2.45) is 5.92 Å². The second-order valence-electron chi connectivity index (χ2n) is 2.51. The van der Waals surface area contributed by atoms with Gasteiger partial charge in [-0.15, -0.1) is 0 Å². The molecule has 0 unspecified atom stereocenters. The van der Waals surface area contributed by atoms with Gasteiger partial charge in [-0.05, 0) is 12.3 Å². The molecule has 0 aromatic rings. The maximum absolute atomic E-state index is 8.25. The molecule has 0 amide bonds. The molecule has 0 rings (SSSR count). The summed E-state index contributed by atoms with van der Waals surface area (Å²) in [6.45, 7) is 5.62. The summed E-state index contributed by atoms with van der Waals surface area (Å²) in [5.41, 5.74) is 0. The number of hydrogen-bond acceptors (Lipinski definition) is 1. The smallest absolute Gasteiger partial charge is 0.0799 e. The highest BCUT2D eigenvalue weighted by atomic mass is 16.2. The second-order valence-corrected chi connectivity index (χ2v) is 2.51. The van der Waals surface area contributed by atoms with Gasteiger partial charge < -0.3 is 5.11 Å². The Bertz CT molecular complexity index is 41.7. The van der Waals surface area contributed by atoms with Crippen molar-refractivity contribution in [1.29, 1.82) is 0 Å². The van der Waals surface area contributed by atoms with Crippen LogP contribution < -0.4 is 0 Å². The molecule has 0 saturated carbocycles. The molecule has 8 heavy (non-hydrogen) atoms. The molecule has 0 aliphatic rings. The molecule has 0 saturated heterocycles. The maximum Gasteiger partial charge on any atom is 0.0799 e. The monoisotopic (exact) mass is 115 g/mol. The van der Waals surface area contributed by atoms with Gasteiger partial charge in [0.25, 0.3) is 0 Å². The Morgan fingerprint density at radius 1 is 1.50 bits per heavy atom. The van der Waals surface area contributed by atoms with Crippen LogP contribution in [-0.2, 0) is 0 Å². The van der Waals surface area contributed by atoms with E-state index >= 15 is 0 Å². The highest BCUT2D eigenvalue weighted by Crippen LogP contribution is 2.05. The Balaban J connectivity index is 2.72.